The third-order valence-electron chi connectivity index (χ3n) is 5.08. The van der Waals surface area contributed by atoms with Crippen molar-refractivity contribution in [3.63, 3.8) is 0 Å². The van der Waals surface area contributed by atoms with Gasteiger partial charge in [-0.05, 0) is 54.6 Å². The summed E-state index contributed by atoms with van der Waals surface area (Å²) in [6.07, 6.45) is 5.10. The summed E-state index contributed by atoms with van der Waals surface area (Å²) < 4.78 is 2.72. The minimum absolute atomic E-state index is 0.0594. The summed E-state index contributed by atoms with van der Waals surface area (Å²) in [6.45, 7) is 0.0762. The van der Waals surface area contributed by atoms with Crippen LogP contribution < -0.4 is 0 Å². The highest BCUT2D eigenvalue weighted by Gasteiger charge is 2.13. The van der Waals surface area contributed by atoms with Crippen molar-refractivity contribution < 1.29 is 14.5 Å². The van der Waals surface area contributed by atoms with Crippen LogP contribution in [0.3, 0.4) is 0 Å². The van der Waals surface area contributed by atoms with E-state index in [2.05, 4.69) is 15.9 Å². The van der Waals surface area contributed by atoms with E-state index in [1.54, 1.807) is 18.2 Å². The number of carbonyl (C=O) groups is 2. The number of nitro groups is 1. The standard InChI is InChI=1S/C25H17BrN2O4/c26-20-10-5-17(6-11-20)24(29)14-9-19-15-27(23-4-2-1-3-22(19)23)16-25(30)18-7-12-21(13-8-18)28(31)32/h1-15H,16H2/b14-9+. The van der Waals surface area contributed by atoms with Gasteiger partial charge in [0.1, 0.15) is 0 Å². The summed E-state index contributed by atoms with van der Waals surface area (Å²) in [5, 5.41) is 11.7. The van der Waals surface area contributed by atoms with E-state index in [0.717, 1.165) is 20.9 Å². The van der Waals surface area contributed by atoms with Gasteiger partial charge in [0.25, 0.3) is 5.69 Å². The maximum Gasteiger partial charge on any atom is 0.269 e. The van der Waals surface area contributed by atoms with Crippen LogP contribution >= 0.6 is 15.9 Å². The number of hydrogen-bond acceptors (Lipinski definition) is 4. The lowest BCUT2D eigenvalue weighted by Crippen LogP contribution is -2.09. The third-order valence-corrected chi connectivity index (χ3v) is 5.61. The van der Waals surface area contributed by atoms with Gasteiger partial charge < -0.3 is 4.57 Å². The molecule has 0 unspecified atom stereocenters. The van der Waals surface area contributed by atoms with Crippen molar-refractivity contribution in [2.75, 3.05) is 0 Å². The molecule has 4 aromatic rings. The third kappa shape index (κ3) is 4.58. The summed E-state index contributed by atoms with van der Waals surface area (Å²) in [7, 11) is 0. The number of fused-ring (bicyclic) bond motifs is 1. The number of aromatic nitrogens is 1. The number of allylic oxidation sites excluding steroid dienone is 1. The highest BCUT2D eigenvalue weighted by Crippen LogP contribution is 2.24. The van der Waals surface area contributed by atoms with Gasteiger partial charge in [-0.25, -0.2) is 0 Å². The minimum Gasteiger partial charge on any atom is -0.339 e. The van der Waals surface area contributed by atoms with Gasteiger partial charge in [-0.2, -0.15) is 0 Å². The molecule has 0 atom stereocenters. The van der Waals surface area contributed by atoms with Gasteiger partial charge >= 0.3 is 0 Å². The van der Waals surface area contributed by atoms with Gasteiger partial charge in [-0.1, -0.05) is 34.1 Å². The fourth-order valence-corrected chi connectivity index (χ4v) is 3.69. The first-order valence-electron chi connectivity index (χ1n) is 9.76. The maximum absolute atomic E-state index is 12.8. The van der Waals surface area contributed by atoms with Gasteiger partial charge in [0.15, 0.2) is 11.6 Å². The first-order valence-corrected chi connectivity index (χ1v) is 10.6. The zero-order valence-electron chi connectivity index (χ0n) is 16.8. The van der Waals surface area contributed by atoms with E-state index in [4.69, 9.17) is 0 Å². The van der Waals surface area contributed by atoms with E-state index in [1.165, 1.54) is 30.3 Å². The van der Waals surface area contributed by atoms with Crippen molar-refractivity contribution in [2.45, 2.75) is 6.54 Å². The molecule has 0 saturated heterocycles. The predicted octanol–water partition coefficient (Wildman–Crippen LogP) is 6.09. The summed E-state index contributed by atoms with van der Waals surface area (Å²) in [5.74, 6) is -0.279. The molecule has 0 fully saturated rings. The molecular formula is C25H17BrN2O4. The molecule has 0 aliphatic rings. The molecule has 7 heteroatoms. The predicted molar refractivity (Wildman–Crippen MR) is 127 cm³/mol. The van der Waals surface area contributed by atoms with E-state index >= 15 is 0 Å². The van der Waals surface area contributed by atoms with Crippen LogP contribution in [0.15, 0.2) is 89.5 Å². The average molecular weight is 489 g/mol. The number of nitrogens with zero attached hydrogens (tertiary/aromatic N) is 2. The first-order chi connectivity index (χ1) is 15.4. The highest BCUT2D eigenvalue weighted by atomic mass is 79.9. The number of ketones is 2. The molecule has 0 radical (unpaired) electrons. The number of carbonyl (C=O) groups excluding carboxylic acids is 2. The molecule has 1 heterocycles. The molecule has 0 aliphatic heterocycles. The number of nitro benzene ring substituents is 1. The number of benzene rings is 3. The van der Waals surface area contributed by atoms with Gasteiger partial charge in [0, 0.05) is 50.4 Å². The van der Waals surface area contributed by atoms with Gasteiger partial charge in [-0.15, -0.1) is 0 Å². The van der Waals surface area contributed by atoms with Crippen molar-refractivity contribution in [2.24, 2.45) is 0 Å². The molecule has 0 N–H and O–H groups in total. The highest BCUT2D eigenvalue weighted by molar-refractivity contribution is 9.10. The average Bonchev–Trinajstić information content (AvgIpc) is 3.15. The quantitative estimate of drug-likeness (QED) is 0.136. The Morgan fingerprint density at radius 1 is 0.938 bits per heavy atom. The van der Waals surface area contributed by atoms with Crippen molar-refractivity contribution in [1.82, 2.24) is 4.57 Å². The Hall–Kier alpha value is -3.84. The number of para-hydroxylation sites is 1. The van der Waals surface area contributed by atoms with Gasteiger partial charge in [0.05, 0.1) is 11.5 Å². The second-order valence-corrected chi connectivity index (χ2v) is 8.08. The Labute approximate surface area is 192 Å². The lowest BCUT2D eigenvalue weighted by molar-refractivity contribution is -0.384. The van der Waals surface area contributed by atoms with E-state index in [0.29, 0.717) is 11.1 Å². The van der Waals surface area contributed by atoms with Crippen molar-refractivity contribution >= 4 is 50.2 Å². The number of halogens is 1. The monoisotopic (exact) mass is 488 g/mol. The Bertz CT molecular complexity index is 1350. The second kappa shape index (κ2) is 9.11. The normalized spacial score (nSPS) is 11.2. The molecule has 3 aromatic carbocycles. The molecule has 0 aliphatic carbocycles. The Morgan fingerprint density at radius 3 is 2.28 bits per heavy atom. The number of rotatable bonds is 7. The van der Waals surface area contributed by atoms with Gasteiger partial charge in [0.2, 0.25) is 0 Å². The topological polar surface area (TPSA) is 82.2 Å². The van der Waals surface area contributed by atoms with Crippen LogP contribution in [-0.4, -0.2) is 21.1 Å². The summed E-state index contributed by atoms with van der Waals surface area (Å²) >= 11 is 3.36. The summed E-state index contributed by atoms with van der Waals surface area (Å²) in [4.78, 5) is 35.6. The molecular weight excluding hydrogens is 472 g/mol. The van der Waals surface area contributed by atoms with Gasteiger partial charge in [-0.3, -0.25) is 19.7 Å². The van der Waals surface area contributed by atoms with Crippen LogP contribution in [0.4, 0.5) is 5.69 Å². The molecule has 158 valence electrons. The van der Waals surface area contributed by atoms with Crippen LogP contribution in [0.5, 0.6) is 0 Å². The van der Waals surface area contributed by atoms with Crippen LogP contribution in [0, 0.1) is 10.1 Å². The smallest absolute Gasteiger partial charge is 0.269 e. The summed E-state index contributed by atoms with van der Waals surface area (Å²) in [5.41, 5.74) is 2.61. The van der Waals surface area contributed by atoms with Crippen LogP contribution in [0.25, 0.3) is 17.0 Å². The Balaban J connectivity index is 1.59. The Morgan fingerprint density at radius 2 is 1.59 bits per heavy atom. The van der Waals surface area contributed by atoms with Crippen molar-refractivity contribution in [1.29, 1.82) is 0 Å². The largest absolute Gasteiger partial charge is 0.339 e. The summed E-state index contributed by atoms with van der Waals surface area (Å²) in [6, 6.07) is 20.3. The van der Waals surface area contributed by atoms with Crippen molar-refractivity contribution in [3.05, 3.63) is 116 Å². The molecule has 6 nitrogen and oxygen atoms in total. The fourth-order valence-electron chi connectivity index (χ4n) is 3.43. The molecule has 0 spiro atoms. The zero-order valence-corrected chi connectivity index (χ0v) is 18.4. The molecule has 0 amide bonds. The fraction of sp³-hybridized carbons (Fsp3) is 0.0400. The van der Waals surface area contributed by atoms with E-state index in [9.17, 15) is 19.7 Å². The Kier molecular flexibility index (Phi) is 6.09. The molecule has 0 saturated carbocycles. The van der Waals surface area contributed by atoms with E-state index in [-0.39, 0.29) is 23.8 Å². The van der Waals surface area contributed by atoms with E-state index < -0.39 is 4.92 Å². The number of hydrogen-bond donors (Lipinski definition) is 0. The lowest BCUT2D eigenvalue weighted by Gasteiger charge is -2.05. The lowest BCUT2D eigenvalue weighted by atomic mass is 10.1. The van der Waals surface area contributed by atoms with Crippen molar-refractivity contribution in [3.8, 4) is 0 Å². The number of non-ortho nitro benzene ring substituents is 1. The van der Waals surface area contributed by atoms with Crippen LogP contribution in [0.1, 0.15) is 26.3 Å². The van der Waals surface area contributed by atoms with E-state index in [1.807, 2.05) is 47.2 Å². The number of Topliss-reactive ketones (excluding diaryl/α,β-unsaturated/α-hetero) is 1. The molecule has 32 heavy (non-hydrogen) atoms. The molecule has 1 aromatic heterocycles. The molecule has 0 bridgehead atoms. The zero-order chi connectivity index (χ0) is 22.7. The maximum atomic E-state index is 12.8. The molecule has 4 rings (SSSR count). The second-order valence-electron chi connectivity index (χ2n) is 7.16. The minimum atomic E-state index is -0.498. The SMILES string of the molecule is O=C(/C=C/c1cn(CC(=O)c2ccc([N+](=O)[O-])cc2)c2ccccc12)c1ccc(Br)cc1. The van der Waals surface area contributed by atoms with Crippen LogP contribution in [0.2, 0.25) is 0 Å². The van der Waals surface area contributed by atoms with Crippen LogP contribution in [-0.2, 0) is 6.54 Å². The first kappa shape index (κ1) is 21.4.